The molecule has 6 rings (SSSR count). The number of benzene rings is 2. The van der Waals surface area contributed by atoms with E-state index >= 15 is 0 Å². The number of para-hydroxylation sites is 1. The lowest BCUT2D eigenvalue weighted by molar-refractivity contribution is 0.122. The van der Waals surface area contributed by atoms with Crippen LogP contribution < -0.4 is 20.3 Å². The highest BCUT2D eigenvalue weighted by Crippen LogP contribution is 2.26. The molecule has 2 aromatic carbocycles. The molecule has 12 nitrogen and oxygen atoms in total. The number of hydrogen-bond acceptors (Lipinski definition) is 11. The smallest absolute Gasteiger partial charge is 0.323 e. The van der Waals surface area contributed by atoms with E-state index in [-0.39, 0.29) is 12.6 Å². The average molecular weight is 601 g/mol. The zero-order chi connectivity index (χ0) is 29.6. The fraction of sp³-hybridized carbons (Fsp3) is 0.333. The third-order valence-electron chi connectivity index (χ3n) is 7.13. The van der Waals surface area contributed by atoms with Crippen molar-refractivity contribution < 1.29 is 9.47 Å². The summed E-state index contributed by atoms with van der Waals surface area (Å²) in [6.45, 7) is 8.37. The first-order valence-corrected chi connectivity index (χ1v) is 14.6. The summed E-state index contributed by atoms with van der Waals surface area (Å²) in [6.07, 6.45) is 4.51. The van der Waals surface area contributed by atoms with E-state index in [0.717, 1.165) is 46.4 Å². The van der Waals surface area contributed by atoms with Crippen LogP contribution in [0.3, 0.4) is 0 Å². The van der Waals surface area contributed by atoms with Gasteiger partial charge in [0.05, 0.1) is 24.9 Å². The second-order valence-corrected chi connectivity index (χ2v) is 10.7. The van der Waals surface area contributed by atoms with Crippen molar-refractivity contribution in [2.75, 3.05) is 48.4 Å². The van der Waals surface area contributed by atoms with E-state index in [0.29, 0.717) is 55.5 Å². The minimum absolute atomic E-state index is 0.180. The molecule has 0 radical (unpaired) electrons. The highest BCUT2D eigenvalue weighted by Gasteiger charge is 2.18. The van der Waals surface area contributed by atoms with Gasteiger partial charge in [0.25, 0.3) is 0 Å². The maximum atomic E-state index is 6.11. The first-order chi connectivity index (χ1) is 21.0. The van der Waals surface area contributed by atoms with E-state index in [1.807, 2.05) is 67.2 Å². The predicted octanol–water partition coefficient (Wildman–Crippen LogP) is 4.94. The largest absolute Gasteiger partial charge is 0.457 e. The third kappa shape index (κ3) is 7.09. The number of pyridine rings is 1. The number of anilines is 4. The molecule has 2 N–H and O–H groups in total. The number of ether oxygens (including phenoxy) is 2. The average Bonchev–Trinajstić information content (AvgIpc) is 3.48. The lowest BCUT2D eigenvalue weighted by Crippen LogP contribution is -2.37. The molecule has 4 heterocycles. The van der Waals surface area contributed by atoms with Crippen molar-refractivity contribution in [3.05, 3.63) is 76.7 Å². The van der Waals surface area contributed by atoms with Crippen LogP contribution in [0.4, 0.5) is 23.3 Å². The molecule has 0 spiro atoms. The molecule has 0 bridgehead atoms. The maximum Gasteiger partial charge on any atom is 0.323 e. The Labute approximate surface area is 254 Å². The highest BCUT2D eigenvalue weighted by atomic mass is 35.5. The Hall–Kier alpha value is -4.55. The molecule has 5 aromatic rings. The number of nitrogens with one attached hydrogen (secondary N) is 2. The summed E-state index contributed by atoms with van der Waals surface area (Å²) in [5, 5.41) is 17.1. The number of aryl methyl sites for hydroxylation is 3. The topological polar surface area (TPSA) is 128 Å². The van der Waals surface area contributed by atoms with Gasteiger partial charge < -0.3 is 25.0 Å². The second-order valence-electron chi connectivity index (χ2n) is 10.3. The summed E-state index contributed by atoms with van der Waals surface area (Å²) in [7, 11) is 0. The van der Waals surface area contributed by atoms with Gasteiger partial charge in [0.1, 0.15) is 12.3 Å². The van der Waals surface area contributed by atoms with Crippen LogP contribution in [-0.2, 0) is 17.9 Å². The van der Waals surface area contributed by atoms with Crippen molar-refractivity contribution in [2.24, 2.45) is 0 Å². The van der Waals surface area contributed by atoms with Gasteiger partial charge in [0.2, 0.25) is 11.9 Å². The maximum absolute atomic E-state index is 6.11. The molecule has 1 fully saturated rings. The van der Waals surface area contributed by atoms with E-state index < -0.39 is 0 Å². The molecule has 0 atom stereocenters. The van der Waals surface area contributed by atoms with Crippen LogP contribution >= 0.6 is 11.6 Å². The van der Waals surface area contributed by atoms with Crippen molar-refractivity contribution >= 4 is 45.8 Å². The zero-order valence-corrected chi connectivity index (χ0v) is 24.9. The summed E-state index contributed by atoms with van der Waals surface area (Å²) >= 11 is 6.11. The molecule has 3 aromatic heterocycles. The Morgan fingerprint density at radius 3 is 2.70 bits per heavy atom. The minimum Gasteiger partial charge on any atom is -0.457 e. The molecule has 0 amide bonds. The summed E-state index contributed by atoms with van der Waals surface area (Å²) in [4.78, 5) is 20.3. The van der Waals surface area contributed by atoms with Gasteiger partial charge in [0.15, 0.2) is 0 Å². The highest BCUT2D eigenvalue weighted by molar-refractivity contribution is 6.31. The number of fused-ring (bicyclic) bond motifs is 1. The summed E-state index contributed by atoms with van der Waals surface area (Å²) in [6, 6.07) is 14.0. The Morgan fingerprint density at radius 1 is 1.02 bits per heavy atom. The van der Waals surface area contributed by atoms with Crippen molar-refractivity contribution in [1.82, 2.24) is 34.9 Å². The fourth-order valence-corrected chi connectivity index (χ4v) is 5.05. The molecule has 43 heavy (non-hydrogen) atoms. The van der Waals surface area contributed by atoms with Crippen LogP contribution in [-0.4, -0.2) is 67.8 Å². The Morgan fingerprint density at radius 2 is 1.86 bits per heavy atom. The van der Waals surface area contributed by atoms with Crippen LogP contribution in [0.5, 0.6) is 6.01 Å². The van der Waals surface area contributed by atoms with Gasteiger partial charge in [-0.15, -0.1) is 5.10 Å². The number of morpholine rings is 1. The molecule has 1 aliphatic rings. The Kier molecular flexibility index (Phi) is 8.75. The lowest BCUT2D eigenvalue weighted by Gasteiger charge is -2.27. The van der Waals surface area contributed by atoms with Gasteiger partial charge in [-0.3, -0.25) is 9.67 Å². The standard InChI is InChI=1S/C30H33ClN10O2/c1-20-5-3-6-21(2)27(20)34-28-35-29(40-13-15-42-16-14-40)37-30(36-28)43-19-23-18-41(39-38-23)12-4-10-32-25-9-11-33-26-17-22(31)7-8-24(25)26/h3,5-9,11,17-18H,4,10,12-16,19H2,1-2H3,(H,32,33)(H,34,35,36,37). The van der Waals surface area contributed by atoms with Crippen LogP contribution in [0.1, 0.15) is 23.2 Å². The predicted molar refractivity (Wildman–Crippen MR) is 166 cm³/mol. The second kappa shape index (κ2) is 13.2. The Bertz CT molecular complexity index is 1690. The van der Waals surface area contributed by atoms with Crippen LogP contribution in [0, 0.1) is 13.8 Å². The van der Waals surface area contributed by atoms with Crippen LogP contribution in [0.15, 0.2) is 54.9 Å². The first-order valence-electron chi connectivity index (χ1n) is 14.2. The lowest BCUT2D eigenvalue weighted by atomic mass is 10.1. The normalized spacial score (nSPS) is 13.3. The minimum atomic E-state index is 0.180. The zero-order valence-electron chi connectivity index (χ0n) is 24.1. The van der Waals surface area contributed by atoms with Crippen LogP contribution in [0.25, 0.3) is 10.9 Å². The quantitative estimate of drug-likeness (QED) is 0.200. The number of aromatic nitrogens is 7. The third-order valence-corrected chi connectivity index (χ3v) is 7.37. The Balaban J connectivity index is 1.08. The number of nitrogens with zero attached hydrogens (tertiary/aromatic N) is 8. The monoisotopic (exact) mass is 600 g/mol. The SMILES string of the molecule is Cc1cccc(C)c1Nc1nc(OCc2cn(CCCNc3ccnc4cc(Cl)ccc34)nn2)nc(N2CCOCC2)n1. The molecule has 0 unspecified atom stereocenters. The van der Waals surface area contributed by atoms with Crippen molar-refractivity contribution in [2.45, 2.75) is 33.4 Å². The van der Waals surface area contributed by atoms with E-state index in [4.69, 9.17) is 21.1 Å². The number of rotatable bonds is 11. The molecule has 0 saturated carbocycles. The van der Waals surface area contributed by atoms with Crippen LogP contribution in [0.2, 0.25) is 5.02 Å². The fourth-order valence-electron chi connectivity index (χ4n) is 4.89. The molecular formula is C30H33ClN10O2. The first kappa shape index (κ1) is 28.6. The van der Waals surface area contributed by atoms with E-state index in [9.17, 15) is 0 Å². The number of hydrogen-bond donors (Lipinski definition) is 2. The van der Waals surface area contributed by atoms with E-state index in [1.54, 1.807) is 6.20 Å². The van der Waals surface area contributed by atoms with Crippen molar-refractivity contribution in [1.29, 1.82) is 0 Å². The van der Waals surface area contributed by atoms with Gasteiger partial charge in [-0.2, -0.15) is 15.0 Å². The number of halogens is 1. The molecule has 1 saturated heterocycles. The summed E-state index contributed by atoms with van der Waals surface area (Å²) < 4.78 is 13.3. The van der Waals surface area contributed by atoms with E-state index in [1.165, 1.54) is 0 Å². The molecule has 0 aliphatic carbocycles. The van der Waals surface area contributed by atoms with Gasteiger partial charge in [0, 0.05) is 54.2 Å². The van der Waals surface area contributed by atoms with Gasteiger partial charge in [-0.05, 0) is 55.7 Å². The van der Waals surface area contributed by atoms with E-state index in [2.05, 4.69) is 45.8 Å². The summed E-state index contributed by atoms with van der Waals surface area (Å²) in [5.74, 6) is 0.966. The van der Waals surface area contributed by atoms with Gasteiger partial charge >= 0.3 is 6.01 Å². The van der Waals surface area contributed by atoms with Crippen molar-refractivity contribution in [3.63, 3.8) is 0 Å². The molecule has 222 valence electrons. The summed E-state index contributed by atoms with van der Waals surface area (Å²) in [5.41, 5.74) is 5.73. The van der Waals surface area contributed by atoms with Crippen molar-refractivity contribution in [3.8, 4) is 6.01 Å². The molecule has 13 heteroatoms. The van der Waals surface area contributed by atoms with Gasteiger partial charge in [-0.25, -0.2) is 0 Å². The van der Waals surface area contributed by atoms with Gasteiger partial charge in [-0.1, -0.05) is 35.0 Å². The molecular weight excluding hydrogens is 568 g/mol. The molecule has 1 aliphatic heterocycles.